The van der Waals surface area contributed by atoms with Crippen LogP contribution in [0.3, 0.4) is 0 Å². The molecule has 0 radical (unpaired) electrons. The Balaban J connectivity index is 1.34. The maximum absolute atomic E-state index is 14.4. The summed E-state index contributed by atoms with van der Waals surface area (Å²) in [6.45, 7) is 6.01. The lowest BCUT2D eigenvalue weighted by molar-refractivity contribution is 0.00590. The molecule has 0 bridgehead atoms. The maximum Gasteiger partial charge on any atom is 0.416 e. The molecule has 0 spiro atoms. The number of alkyl halides is 2. The minimum atomic E-state index is -3.13. The van der Waals surface area contributed by atoms with Crippen molar-refractivity contribution in [3.05, 3.63) is 71.7 Å². The zero-order chi connectivity index (χ0) is 26.5. The van der Waals surface area contributed by atoms with Gasteiger partial charge in [0.2, 0.25) is 0 Å². The quantitative estimate of drug-likeness (QED) is 0.418. The fraction of sp³-hybridized carbons (Fsp3) is 0.407. The molecule has 1 amide bonds. The van der Waals surface area contributed by atoms with Gasteiger partial charge in [-0.3, -0.25) is 9.88 Å². The Morgan fingerprint density at radius 3 is 2.54 bits per heavy atom. The number of rotatable bonds is 8. The van der Waals surface area contributed by atoms with E-state index in [2.05, 4.69) is 20.6 Å². The molecule has 10 heteroatoms. The van der Waals surface area contributed by atoms with Crippen molar-refractivity contribution in [2.45, 2.75) is 51.6 Å². The van der Waals surface area contributed by atoms with Gasteiger partial charge in [0.15, 0.2) is 0 Å². The Kier molecular flexibility index (Phi) is 7.85. The van der Waals surface area contributed by atoms with E-state index < -0.39 is 24.2 Å². The van der Waals surface area contributed by atoms with Crippen LogP contribution >= 0.6 is 0 Å². The molecule has 8 nitrogen and oxygen atoms in total. The highest BCUT2D eigenvalue weighted by molar-refractivity contribution is 5.88. The van der Waals surface area contributed by atoms with E-state index in [1.807, 2.05) is 32.9 Å². The van der Waals surface area contributed by atoms with E-state index in [0.29, 0.717) is 37.0 Å². The largest absolute Gasteiger partial charge is 0.443 e. The summed E-state index contributed by atoms with van der Waals surface area (Å²) in [6, 6.07) is 13.6. The molecule has 0 aromatic carbocycles. The van der Waals surface area contributed by atoms with E-state index in [4.69, 9.17) is 9.72 Å². The van der Waals surface area contributed by atoms with Crippen molar-refractivity contribution in [1.29, 1.82) is 0 Å². The van der Waals surface area contributed by atoms with Crippen LogP contribution in [0.15, 0.2) is 54.7 Å². The SMILES string of the molecule is CC(C)(C)OC(=O)N1CCCc2ccc(CCNc3cccc(NCC(F)(F)c4ccccn4)n3)nc21. The lowest BCUT2D eigenvalue weighted by Crippen LogP contribution is -2.40. The number of ether oxygens (including phenoxy) is 1. The van der Waals surface area contributed by atoms with E-state index >= 15 is 0 Å². The van der Waals surface area contributed by atoms with Crippen LogP contribution in [0.2, 0.25) is 0 Å². The molecule has 0 unspecified atom stereocenters. The minimum absolute atomic E-state index is 0.292. The third kappa shape index (κ3) is 7.12. The first-order valence-corrected chi connectivity index (χ1v) is 12.3. The summed E-state index contributed by atoms with van der Waals surface area (Å²) in [6.07, 6.45) is 3.27. The highest BCUT2D eigenvalue weighted by Crippen LogP contribution is 2.28. The molecule has 37 heavy (non-hydrogen) atoms. The highest BCUT2D eigenvalue weighted by Gasteiger charge is 2.33. The predicted octanol–water partition coefficient (Wildman–Crippen LogP) is 5.42. The average molecular weight is 511 g/mol. The van der Waals surface area contributed by atoms with Gasteiger partial charge in [0.25, 0.3) is 0 Å². The standard InChI is InChI=1S/C27H32F2N6O2/c1-26(2,3)37-25(36)35-17-7-8-19-12-13-20(33-24(19)35)14-16-31-22-10-6-11-23(34-22)32-18-27(28,29)21-9-4-5-15-30-21/h4-6,9-13,15H,7-8,14,16-18H2,1-3H3,(H2,31,32,34). The number of nitrogens with zero attached hydrogens (tertiary/aromatic N) is 4. The van der Waals surface area contributed by atoms with Crippen LogP contribution in [-0.4, -0.2) is 46.3 Å². The number of hydrogen-bond donors (Lipinski definition) is 2. The highest BCUT2D eigenvalue weighted by atomic mass is 19.3. The van der Waals surface area contributed by atoms with Crippen molar-refractivity contribution < 1.29 is 18.3 Å². The lowest BCUT2D eigenvalue weighted by Gasteiger charge is -2.31. The molecule has 4 heterocycles. The number of halogens is 2. The average Bonchev–Trinajstić information content (AvgIpc) is 2.87. The number of nitrogens with one attached hydrogen (secondary N) is 2. The molecule has 1 aliphatic rings. The summed E-state index contributed by atoms with van der Waals surface area (Å²) in [7, 11) is 0. The topological polar surface area (TPSA) is 92.3 Å². The van der Waals surface area contributed by atoms with E-state index in [1.165, 1.54) is 18.3 Å². The normalized spacial score (nSPS) is 13.6. The molecular formula is C27H32F2N6O2. The van der Waals surface area contributed by atoms with Gasteiger partial charge in [-0.15, -0.1) is 0 Å². The molecule has 3 aromatic heterocycles. The monoisotopic (exact) mass is 510 g/mol. The van der Waals surface area contributed by atoms with Crippen molar-refractivity contribution in [3.63, 3.8) is 0 Å². The Labute approximate surface area is 215 Å². The van der Waals surface area contributed by atoms with Crippen LogP contribution < -0.4 is 15.5 Å². The number of amides is 1. The molecule has 0 saturated carbocycles. The van der Waals surface area contributed by atoms with E-state index in [9.17, 15) is 13.6 Å². The Hall–Kier alpha value is -3.82. The second kappa shape index (κ2) is 11.1. The third-order valence-electron chi connectivity index (χ3n) is 5.68. The Morgan fingerprint density at radius 1 is 1.03 bits per heavy atom. The number of aromatic nitrogens is 3. The van der Waals surface area contributed by atoms with E-state index in [-0.39, 0.29) is 5.69 Å². The summed E-state index contributed by atoms with van der Waals surface area (Å²) in [5.74, 6) is -1.59. The van der Waals surface area contributed by atoms with Gasteiger partial charge in [-0.1, -0.05) is 18.2 Å². The maximum atomic E-state index is 14.4. The second-order valence-corrected chi connectivity index (χ2v) is 9.88. The van der Waals surface area contributed by atoms with Gasteiger partial charge >= 0.3 is 12.0 Å². The summed E-state index contributed by atoms with van der Waals surface area (Å²) in [5, 5.41) is 5.91. The molecule has 0 atom stereocenters. The van der Waals surface area contributed by atoms with Gasteiger partial charge in [0, 0.05) is 31.4 Å². The smallest absolute Gasteiger partial charge is 0.416 e. The zero-order valence-corrected chi connectivity index (χ0v) is 21.3. The van der Waals surface area contributed by atoms with Crippen LogP contribution in [0.4, 0.5) is 31.0 Å². The van der Waals surface area contributed by atoms with Gasteiger partial charge in [-0.25, -0.2) is 14.8 Å². The molecular weight excluding hydrogens is 478 g/mol. The summed E-state index contributed by atoms with van der Waals surface area (Å²) in [5.41, 5.74) is 0.975. The van der Waals surface area contributed by atoms with Crippen molar-refractivity contribution in [3.8, 4) is 0 Å². The lowest BCUT2D eigenvalue weighted by atomic mass is 10.0. The van der Waals surface area contributed by atoms with Crippen molar-refractivity contribution in [2.75, 3.05) is 35.2 Å². The minimum Gasteiger partial charge on any atom is -0.443 e. The number of aryl methyl sites for hydroxylation is 1. The zero-order valence-electron chi connectivity index (χ0n) is 21.3. The van der Waals surface area contributed by atoms with Crippen LogP contribution in [-0.2, 0) is 23.5 Å². The molecule has 4 rings (SSSR count). The van der Waals surface area contributed by atoms with Crippen LogP contribution in [0.5, 0.6) is 0 Å². The molecule has 1 aliphatic heterocycles. The summed E-state index contributed by atoms with van der Waals surface area (Å²) >= 11 is 0. The number of carbonyl (C=O) groups is 1. The van der Waals surface area contributed by atoms with E-state index in [0.717, 1.165) is 24.1 Å². The fourth-order valence-corrected chi connectivity index (χ4v) is 3.93. The molecule has 3 aromatic rings. The molecule has 196 valence electrons. The van der Waals surface area contributed by atoms with Crippen LogP contribution in [0.25, 0.3) is 0 Å². The number of pyridine rings is 3. The van der Waals surface area contributed by atoms with Gasteiger partial charge < -0.3 is 15.4 Å². The first-order chi connectivity index (χ1) is 17.6. The van der Waals surface area contributed by atoms with Gasteiger partial charge in [0.1, 0.15) is 28.7 Å². The fourth-order valence-electron chi connectivity index (χ4n) is 3.93. The molecule has 2 N–H and O–H groups in total. The molecule has 0 aliphatic carbocycles. The number of carbonyl (C=O) groups excluding carboxylic acids is 1. The van der Waals surface area contributed by atoms with Crippen LogP contribution in [0.1, 0.15) is 44.1 Å². The third-order valence-corrected chi connectivity index (χ3v) is 5.68. The van der Waals surface area contributed by atoms with Gasteiger partial charge in [-0.2, -0.15) is 8.78 Å². The van der Waals surface area contributed by atoms with Crippen LogP contribution in [0, 0.1) is 0 Å². The Morgan fingerprint density at radius 2 is 1.81 bits per heavy atom. The second-order valence-electron chi connectivity index (χ2n) is 9.88. The molecule has 0 saturated heterocycles. The summed E-state index contributed by atoms with van der Waals surface area (Å²) in [4.78, 5) is 27.2. The predicted molar refractivity (Wildman–Crippen MR) is 139 cm³/mol. The first-order valence-electron chi connectivity index (χ1n) is 12.3. The number of fused-ring (bicyclic) bond motifs is 1. The Bertz CT molecular complexity index is 1220. The van der Waals surface area contributed by atoms with Crippen molar-refractivity contribution >= 4 is 23.5 Å². The summed E-state index contributed by atoms with van der Waals surface area (Å²) < 4.78 is 34.4. The number of anilines is 3. The first kappa shape index (κ1) is 26.2. The molecule has 0 fully saturated rings. The van der Waals surface area contributed by atoms with Gasteiger partial charge in [-0.05, 0) is 69.5 Å². The van der Waals surface area contributed by atoms with Crippen molar-refractivity contribution in [1.82, 2.24) is 15.0 Å². The number of hydrogen-bond acceptors (Lipinski definition) is 7. The van der Waals surface area contributed by atoms with E-state index in [1.54, 1.807) is 29.2 Å². The van der Waals surface area contributed by atoms with Gasteiger partial charge in [0.05, 0.1) is 6.54 Å². The van der Waals surface area contributed by atoms with Crippen molar-refractivity contribution in [2.24, 2.45) is 0 Å².